The van der Waals surface area contributed by atoms with Crippen molar-refractivity contribution >= 4 is 5.82 Å². The van der Waals surface area contributed by atoms with Crippen LogP contribution in [0.5, 0.6) is 0 Å². The van der Waals surface area contributed by atoms with Crippen LogP contribution in [0.15, 0.2) is 53.3 Å². The predicted octanol–water partition coefficient (Wildman–Crippen LogP) is 4.40. The Hall–Kier alpha value is -2.57. The Bertz CT molecular complexity index is 946. The maximum absolute atomic E-state index is 5.82. The molecular formula is C24H33N5O. The molecule has 0 spiro atoms. The van der Waals surface area contributed by atoms with Gasteiger partial charge in [0, 0.05) is 37.2 Å². The third-order valence-corrected chi connectivity index (χ3v) is 5.91. The van der Waals surface area contributed by atoms with Gasteiger partial charge in [-0.3, -0.25) is 0 Å². The Balaban J connectivity index is 1.62. The molecule has 4 rings (SSSR count). The average molecular weight is 408 g/mol. The molecule has 1 aliphatic rings. The number of fused-ring (bicyclic) bond motifs is 1. The summed E-state index contributed by atoms with van der Waals surface area (Å²) in [4.78, 5) is 2.35. The molecule has 1 aromatic carbocycles. The minimum Gasteiger partial charge on any atom is -0.469 e. The van der Waals surface area contributed by atoms with Crippen LogP contribution in [0.2, 0.25) is 0 Å². The number of likely N-dealkylation sites (N-methyl/N-ethyl adjacent to an activating group) is 2. The molecule has 6 nitrogen and oxygen atoms in total. The highest BCUT2D eigenvalue weighted by molar-refractivity contribution is 5.54. The topological polar surface area (TPSA) is 58.3 Å². The second-order valence-electron chi connectivity index (χ2n) is 8.57. The van der Waals surface area contributed by atoms with Crippen molar-refractivity contribution in [3.63, 3.8) is 0 Å². The number of anilines is 1. The van der Waals surface area contributed by atoms with Crippen LogP contribution in [-0.4, -0.2) is 41.9 Å². The molecule has 3 aromatic rings. The van der Waals surface area contributed by atoms with Crippen molar-refractivity contribution < 1.29 is 4.42 Å². The van der Waals surface area contributed by atoms with E-state index in [4.69, 9.17) is 4.42 Å². The molecule has 0 saturated carbocycles. The Morgan fingerprint density at radius 3 is 2.90 bits per heavy atom. The van der Waals surface area contributed by atoms with E-state index < -0.39 is 0 Å². The van der Waals surface area contributed by atoms with Crippen LogP contribution >= 0.6 is 0 Å². The smallest absolute Gasteiger partial charge is 0.129 e. The number of aromatic nitrogens is 2. The Labute approximate surface area is 179 Å². The van der Waals surface area contributed by atoms with Crippen LogP contribution < -0.4 is 10.6 Å². The van der Waals surface area contributed by atoms with Crippen LogP contribution in [0.4, 0.5) is 5.82 Å². The zero-order valence-corrected chi connectivity index (χ0v) is 18.4. The molecule has 0 saturated heterocycles. The molecule has 2 unspecified atom stereocenters. The summed E-state index contributed by atoms with van der Waals surface area (Å²) in [5.74, 6) is 2.32. The van der Waals surface area contributed by atoms with Gasteiger partial charge in [-0.05, 0) is 57.6 Å². The molecule has 0 amide bonds. The number of nitrogens with zero attached hydrogens (tertiary/aromatic N) is 3. The first-order valence-corrected chi connectivity index (χ1v) is 10.9. The van der Waals surface area contributed by atoms with E-state index in [1.165, 1.54) is 16.7 Å². The molecule has 3 heterocycles. The fourth-order valence-electron chi connectivity index (χ4n) is 4.34. The summed E-state index contributed by atoms with van der Waals surface area (Å²) in [7, 11) is 4.16. The van der Waals surface area contributed by atoms with E-state index in [9.17, 15) is 0 Å². The van der Waals surface area contributed by atoms with E-state index in [0.717, 1.165) is 37.6 Å². The van der Waals surface area contributed by atoms with Crippen LogP contribution in [-0.2, 0) is 6.54 Å². The van der Waals surface area contributed by atoms with Crippen molar-refractivity contribution in [2.45, 2.75) is 44.8 Å². The number of hydrogen-bond acceptors (Lipinski definition) is 5. The summed E-state index contributed by atoms with van der Waals surface area (Å²) in [6.07, 6.45) is 4.71. The Kier molecular flexibility index (Phi) is 6.25. The molecule has 160 valence electrons. The summed E-state index contributed by atoms with van der Waals surface area (Å²) in [6.45, 7) is 7.30. The van der Waals surface area contributed by atoms with Crippen LogP contribution in [0.25, 0.3) is 0 Å². The van der Waals surface area contributed by atoms with Gasteiger partial charge >= 0.3 is 0 Å². The van der Waals surface area contributed by atoms with Crippen LogP contribution in [0, 0.1) is 0 Å². The average Bonchev–Trinajstić information content (AvgIpc) is 3.41. The maximum atomic E-state index is 5.82. The number of furan rings is 1. The van der Waals surface area contributed by atoms with Gasteiger partial charge in [0.05, 0.1) is 18.5 Å². The first kappa shape index (κ1) is 20.7. The molecule has 2 atom stereocenters. The first-order chi connectivity index (χ1) is 14.6. The highest BCUT2D eigenvalue weighted by atomic mass is 16.3. The summed E-state index contributed by atoms with van der Waals surface area (Å²) in [5.41, 5.74) is 3.87. The zero-order valence-electron chi connectivity index (χ0n) is 18.4. The van der Waals surface area contributed by atoms with Gasteiger partial charge in [-0.25, -0.2) is 4.68 Å². The molecule has 6 heteroatoms. The van der Waals surface area contributed by atoms with Crippen molar-refractivity contribution in [1.29, 1.82) is 0 Å². The molecule has 0 radical (unpaired) electrons. The number of benzene rings is 1. The molecule has 0 bridgehead atoms. The minimum absolute atomic E-state index is 0.204. The van der Waals surface area contributed by atoms with Gasteiger partial charge in [0.25, 0.3) is 0 Å². The van der Waals surface area contributed by atoms with E-state index in [1.54, 1.807) is 6.26 Å². The van der Waals surface area contributed by atoms with E-state index in [2.05, 4.69) is 76.5 Å². The minimum atomic E-state index is 0.204. The van der Waals surface area contributed by atoms with Crippen molar-refractivity contribution in [3.8, 4) is 0 Å². The SMILES string of the molecule is CNCCN(C)Cc1cccc(C2CC(c3ccco3)c3cnn(C(C)C)c3N2)c1. The lowest BCUT2D eigenvalue weighted by Gasteiger charge is -2.32. The van der Waals surface area contributed by atoms with Crippen molar-refractivity contribution in [3.05, 3.63) is 71.3 Å². The maximum Gasteiger partial charge on any atom is 0.129 e. The first-order valence-electron chi connectivity index (χ1n) is 10.9. The molecular weight excluding hydrogens is 374 g/mol. The standard InChI is InChI=1S/C24H33N5O/c1-17(2)29-24-21(15-26-29)20(23-9-6-12-30-23)14-22(27-24)19-8-5-7-18(13-19)16-28(4)11-10-25-3/h5-9,12-13,15,17,20,22,25,27H,10-11,14,16H2,1-4H3. The summed E-state index contributed by atoms with van der Waals surface area (Å²) in [6, 6.07) is 13.5. The lowest BCUT2D eigenvalue weighted by molar-refractivity contribution is 0.328. The normalized spacial score (nSPS) is 18.6. The van der Waals surface area contributed by atoms with E-state index in [-0.39, 0.29) is 12.0 Å². The number of hydrogen-bond donors (Lipinski definition) is 2. The highest BCUT2D eigenvalue weighted by Crippen LogP contribution is 2.44. The molecule has 2 N–H and O–H groups in total. The third kappa shape index (κ3) is 4.30. The summed E-state index contributed by atoms with van der Waals surface area (Å²) in [5, 5.41) is 11.7. The second-order valence-corrected chi connectivity index (χ2v) is 8.57. The van der Waals surface area contributed by atoms with Crippen LogP contribution in [0.3, 0.4) is 0 Å². The zero-order chi connectivity index (χ0) is 21.1. The molecule has 0 aliphatic carbocycles. The van der Waals surface area contributed by atoms with Gasteiger partial charge in [-0.15, -0.1) is 0 Å². The van der Waals surface area contributed by atoms with Gasteiger partial charge < -0.3 is 20.0 Å². The lowest BCUT2D eigenvalue weighted by Crippen LogP contribution is -2.27. The fourth-order valence-corrected chi connectivity index (χ4v) is 4.34. The van der Waals surface area contributed by atoms with Crippen molar-refractivity contribution in [2.75, 3.05) is 32.5 Å². The Morgan fingerprint density at radius 2 is 2.17 bits per heavy atom. The van der Waals surface area contributed by atoms with Gasteiger partial charge in [-0.2, -0.15) is 5.10 Å². The van der Waals surface area contributed by atoms with Crippen molar-refractivity contribution in [1.82, 2.24) is 20.0 Å². The highest BCUT2D eigenvalue weighted by Gasteiger charge is 2.33. The van der Waals surface area contributed by atoms with E-state index in [0.29, 0.717) is 6.04 Å². The molecule has 1 aliphatic heterocycles. The van der Waals surface area contributed by atoms with Crippen LogP contribution in [0.1, 0.15) is 60.7 Å². The predicted molar refractivity (Wildman–Crippen MR) is 121 cm³/mol. The fraction of sp³-hybridized carbons (Fsp3) is 0.458. The Morgan fingerprint density at radius 1 is 1.30 bits per heavy atom. The van der Waals surface area contributed by atoms with Gasteiger partial charge in [0.1, 0.15) is 11.6 Å². The van der Waals surface area contributed by atoms with E-state index in [1.807, 2.05) is 19.3 Å². The van der Waals surface area contributed by atoms with Gasteiger partial charge in [-0.1, -0.05) is 24.3 Å². The summed E-state index contributed by atoms with van der Waals surface area (Å²) < 4.78 is 7.91. The monoisotopic (exact) mass is 407 g/mol. The van der Waals surface area contributed by atoms with Gasteiger partial charge in [0.2, 0.25) is 0 Å². The molecule has 2 aromatic heterocycles. The number of nitrogens with one attached hydrogen (secondary N) is 2. The molecule has 0 fully saturated rings. The second kappa shape index (κ2) is 9.06. The van der Waals surface area contributed by atoms with Crippen molar-refractivity contribution in [2.24, 2.45) is 0 Å². The lowest BCUT2D eigenvalue weighted by atomic mass is 9.85. The largest absolute Gasteiger partial charge is 0.469 e. The quantitative estimate of drug-likeness (QED) is 0.580. The molecule has 30 heavy (non-hydrogen) atoms. The van der Waals surface area contributed by atoms with E-state index >= 15 is 0 Å². The number of rotatable bonds is 8. The summed E-state index contributed by atoms with van der Waals surface area (Å²) >= 11 is 0. The third-order valence-electron chi connectivity index (χ3n) is 5.91. The van der Waals surface area contributed by atoms with Gasteiger partial charge in [0.15, 0.2) is 0 Å².